The predicted octanol–water partition coefficient (Wildman–Crippen LogP) is 3.34. The van der Waals surface area contributed by atoms with Gasteiger partial charge < -0.3 is 9.47 Å². The Balaban J connectivity index is 0.000000212. The Hall–Kier alpha value is -4.10. The molecule has 198 valence electrons. The lowest BCUT2D eigenvalue weighted by Crippen LogP contribution is -2.37. The molecule has 38 heavy (non-hydrogen) atoms. The second-order valence-corrected chi connectivity index (χ2v) is 8.30. The molecule has 4 rings (SSSR count). The molecule has 0 amide bonds. The third-order valence-corrected chi connectivity index (χ3v) is 5.57. The van der Waals surface area contributed by atoms with E-state index in [2.05, 4.69) is 10.2 Å². The van der Waals surface area contributed by atoms with Crippen molar-refractivity contribution in [2.75, 3.05) is 0 Å². The number of hydrogen-bond donors (Lipinski definition) is 1. The first-order valence-electron chi connectivity index (χ1n) is 10.9. The van der Waals surface area contributed by atoms with Crippen LogP contribution in [0.1, 0.15) is 11.1 Å². The van der Waals surface area contributed by atoms with Crippen LogP contribution in [0.5, 0.6) is 0 Å². The van der Waals surface area contributed by atoms with E-state index < -0.39 is 27.2 Å². The van der Waals surface area contributed by atoms with Crippen molar-refractivity contribution in [1.29, 1.82) is 0 Å². The summed E-state index contributed by atoms with van der Waals surface area (Å²) in [6, 6.07) is 18.9. The molecule has 0 aliphatic heterocycles. The fraction of sp³-hybridized carbons (Fsp3) is 0.167. The van der Waals surface area contributed by atoms with Gasteiger partial charge in [-0.1, -0.05) is 83.9 Å². The first-order valence-corrected chi connectivity index (χ1v) is 11.6. The second-order valence-electron chi connectivity index (χ2n) is 7.52. The number of aromatic amines is 1. The topological polar surface area (TPSA) is 151 Å². The smallest absolute Gasteiger partial charge is 0.339 e. The summed E-state index contributed by atoms with van der Waals surface area (Å²) in [4.78, 5) is 44.2. The van der Waals surface area contributed by atoms with Crippen LogP contribution >= 0.6 is 23.2 Å². The zero-order valence-electron chi connectivity index (χ0n) is 19.7. The van der Waals surface area contributed by atoms with Gasteiger partial charge in [-0.25, -0.2) is 9.36 Å². The molecule has 0 radical (unpaired) electrons. The Bertz CT molecular complexity index is 1540. The minimum atomic E-state index is -1.17. The summed E-state index contributed by atoms with van der Waals surface area (Å²) >= 11 is 11.4. The van der Waals surface area contributed by atoms with Crippen LogP contribution in [0.3, 0.4) is 0 Å². The van der Waals surface area contributed by atoms with Crippen molar-refractivity contribution in [3.63, 3.8) is 0 Å². The van der Waals surface area contributed by atoms with Gasteiger partial charge in [0.05, 0.1) is 29.4 Å². The van der Waals surface area contributed by atoms with E-state index in [4.69, 9.17) is 32.7 Å². The lowest BCUT2D eigenvalue weighted by Gasteiger charge is -2.06. The molecule has 0 spiro atoms. The second kappa shape index (κ2) is 14.0. The van der Waals surface area contributed by atoms with Gasteiger partial charge in [-0.2, -0.15) is 5.10 Å². The fourth-order valence-corrected chi connectivity index (χ4v) is 3.19. The average Bonchev–Trinajstić information content (AvgIpc) is 2.92. The Kier molecular flexibility index (Phi) is 10.5. The largest absolute Gasteiger partial charge is 0.355 e. The number of halogens is 2. The molecule has 0 unspecified atom stereocenters. The molecule has 12 nitrogen and oxygen atoms in total. The van der Waals surface area contributed by atoms with Gasteiger partial charge in [-0.3, -0.25) is 29.6 Å². The first-order chi connectivity index (χ1) is 18.3. The molecule has 2 aromatic heterocycles. The minimum Gasteiger partial charge on any atom is -0.355 e. The van der Waals surface area contributed by atoms with Gasteiger partial charge in [0.1, 0.15) is 24.7 Å². The van der Waals surface area contributed by atoms with Crippen molar-refractivity contribution in [1.82, 2.24) is 19.6 Å². The minimum absolute atomic E-state index is 0.0324. The molecule has 2 aromatic carbocycles. The van der Waals surface area contributed by atoms with E-state index in [0.717, 1.165) is 26.7 Å². The highest BCUT2D eigenvalue weighted by Gasteiger charge is 2.16. The number of hydrogen-bond acceptors (Lipinski definition) is 8. The van der Waals surface area contributed by atoms with Gasteiger partial charge in [0, 0.05) is 0 Å². The van der Waals surface area contributed by atoms with Crippen molar-refractivity contribution in [3.8, 4) is 0 Å². The number of nitrogens with one attached hydrogen (secondary N) is 1. The van der Waals surface area contributed by atoms with Crippen LogP contribution in [0.4, 0.5) is 5.69 Å². The maximum absolute atomic E-state index is 11.6. The van der Waals surface area contributed by atoms with Crippen molar-refractivity contribution in [2.45, 2.75) is 26.7 Å². The molecule has 2 heterocycles. The van der Waals surface area contributed by atoms with Gasteiger partial charge >= 0.3 is 16.7 Å². The summed E-state index contributed by atoms with van der Waals surface area (Å²) in [5.41, 5.74) is -1.51. The quantitative estimate of drug-likeness (QED) is 0.185. The number of ether oxygens (including phenoxy) is 2. The van der Waals surface area contributed by atoms with Crippen LogP contribution in [0.15, 0.2) is 87.4 Å². The van der Waals surface area contributed by atoms with Gasteiger partial charge in [0.25, 0.3) is 5.56 Å². The number of benzene rings is 2. The predicted molar refractivity (Wildman–Crippen MR) is 139 cm³/mol. The molecule has 4 aromatic rings. The highest BCUT2D eigenvalue weighted by atomic mass is 35.5. The summed E-state index contributed by atoms with van der Waals surface area (Å²) in [5.74, 6) is 0. The van der Waals surface area contributed by atoms with Crippen molar-refractivity contribution < 1.29 is 14.4 Å². The standard InChI is InChI=1S/C12H10Cl2N2O2.C12H11N3O5/c13-10-6-15-16(12(17)11(10)14)8-18-7-9-4-2-1-3-5-9;16-11-10(15(18)19)6-13-14(12(11)17)8-20-7-9-4-2-1-3-5-9/h1-6H,7-8H2;1-6,13H,7-8H2. The number of rotatable bonds is 9. The molecule has 0 aliphatic rings. The summed E-state index contributed by atoms with van der Waals surface area (Å²) < 4.78 is 12.6. The van der Waals surface area contributed by atoms with Crippen LogP contribution in [0.2, 0.25) is 10.0 Å². The summed E-state index contributed by atoms with van der Waals surface area (Å²) in [6.45, 7) is 0.493. The first kappa shape index (κ1) is 28.5. The summed E-state index contributed by atoms with van der Waals surface area (Å²) in [7, 11) is 0. The third-order valence-electron chi connectivity index (χ3n) is 4.83. The molecular weight excluding hydrogens is 541 g/mol. The van der Waals surface area contributed by atoms with Crippen molar-refractivity contribution >= 4 is 28.9 Å². The lowest BCUT2D eigenvalue weighted by molar-refractivity contribution is -0.386. The molecular formula is C24H21Cl2N5O7. The van der Waals surface area contributed by atoms with Crippen molar-refractivity contribution in [2.24, 2.45) is 0 Å². The third kappa shape index (κ3) is 7.95. The monoisotopic (exact) mass is 561 g/mol. The van der Waals surface area contributed by atoms with Gasteiger partial charge in [-0.05, 0) is 11.1 Å². The molecule has 0 fully saturated rings. The Labute approximate surface area is 224 Å². The summed E-state index contributed by atoms with van der Waals surface area (Å²) in [5, 5.41) is 16.8. The molecule has 0 atom stereocenters. The van der Waals surface area contributed by atoms with Gasteiger partial charge in [0.2, 0.25) is 0 Å². The number of nitrogens with zero attached hydrogens (tertiary/aromatic N) is 4. The molecule has 0 bridgehead atoms. The van der Waals surface area contributed by atoms with E-state index in [1.165, 1.54) is 6.20 Å². The van der Waals surface area contributed by atoms with Crippen LogP contribution < -0.4 is 16.5 Å². The van der Waals surface area contributed by atoms with Crippen LogP contribution in [0, 0.1) is 10.1 Å². The normalized spacial score (nSPS) is 10.5. The van der Waals surface area contributed by atoms with E-state index in [1.807, 2.05) is 60.7 Å². The molecule has 0 saturated carbocycles. The Morgan fingerprint density at radius 3 is 1.97 bits per heavy atom. The molecule has 0 saturated heterocycles. The maximum atomic E-state index is 11.6. The number of aromatic nitrogens is 4. The van der Waals surface area contributed by atoms with E-state index in [0.29, 0.717) is 6.61 Å². The van der Waals surface area contributed by atoms with Crippen LogP contribution in [-0.2, 0) is 36.1 Å². The van der Waals surface area contributed by atoms with E-state index in [9.17, 15) is 24.5 Å². The average molecular weight is 562 g/mol. The zero-order valence-corrected chi connectivity index (χ0v) is 21.2. The van der Waals surface area contributed by atoms with E-state index in [-0.39, 0.29) is 30.1 Å². The molecule has 0 aliphatic carbocycles. The Morgan fingerprint density at radius 1 is 0.868 bits per heavy atom. The van der Waals surface area contributed by atoms with E-state index in [1.54, 1.807) is 0 Å². The fourth-order valence-electron chi connectivity index (χ4n) is 2.92. The van der Waals surface area contributed by atoms with E-state index >= 15 is 0 Å². The maximum Gasteiger partial charge on any atom is 0.339 e. The van der Waals surface area contributed by atoms with Crippen molar-refractivity contribution in [3.05, 3.63) is 135 Å². The van der Waals surface area contributed by atoms with Crippen LogP contribution in [0.25, 0.3) is 0 Å². The SMILES string of the molecule is O=c1c(Cl)c(Cl)cnn1COCc1ccccc1.O=c1c([N+](=O)[O-])c[nH]n(COCc2ccccc2)c1=O. The Morgan fingerprint density at radius 2 is 1.42 bits per heavy atom. The van der Waals surface area contributed by atoms with Gasteiger partial charge in [-0.15, -0.1) is 0 Å². The van der Waals surface area contributed by atoms with Crippen LogP contribution in [-0.4, -0.2) is 24.5 Å². The lowest BCUT2D eigenvalue weighted by atomic mass is 10.2. The summed E-state index contributed by atoms with van der Waals surface area (Å²) in [6.07, 6.45) is 2.19. The number of H-pyrrole nitrogens is 1. The molecule has 1 N–H and O–H groups in total. The highest BCUT2D eigenvalue weighted by molar-refractivity contribution is 6.41. The molecule has 14 heteroatoms. The number of nitro groups is 1. The zero-order chi connectivity index (χ0) is 27.5. The highest BCUT2D eigenvalue weighted by Crippen LogP contribution is 2.14. The van der Waals surface area contributed by atoms with Gasteiger partial charge in [0.15, 0.2) is 0 Å².